The van der Waals surface area contributed by atoms with E-state index in [0.29, 0.717) is 4.88 Å². The van der Waals surface area contributed by atoms with E-state index < -0.39 is 5.97 Å². The van der Waals surface area contributed by atoms with Crippen LogP contribution in [0.25, 0.3) is 10.1 Å². The number of thiophene rings is 1. The Labute approximate surface area is 85.2 Å². The van der Waals surface area contributed by atoms with Crippen molar-refractivity contribution in [2.24, 2.45) is 0 Å². The SMILES string of the molecule is Cl.O=C(O)c1cc2ccccc2s1. The summed E-state index contributed by atoms with van der Waals surface area (Å²) >= 11 is 1.31. The molecule has 0 amide bonds. The van der Waals surface area contributed by atoms with Crippen molar-refractivity contribution in [3.05, 3.63) is 35.2 Å². The predicted octanol–water partition coefficient (Wildman–Crippen LogP) is 3.02. The summed E-state index contributed by atoms with van der Waals surface area (Å²) in [6.07, 6.45) is 0. The number of hydrogen-bond donors (Lipinski definition) is 1. The summed E-state index contributed by atoms with van der Waals surface area (Å²) in [6.45, 7) is 0. The van der Waals surface area contributed by atoms with Crippen LogP contribution in [0.3, 0.4) is 0 Å². The zero-order valence-corrected chi connectivity index (χ0v) is 8.19. The number of carbonyl (C=O) groups is 1. The van der Waals surface area contributed by atoms with Crippen molar-refractivity contribution in [1.29, 1.82) is 0 Å². The second-order valence-electron chi connectivity index (χ2n) is 2.45. The Hall–Kier alpha value is -1.06. The average Bonchev–Trinajstić information content (AvgIpc) is 2.46. The molecule has 0 unspecified atom stereocenters. The highest BCUT2D eigenvalue weighted by atomic mass is 35.5. The minimum Gasteiger partial charge on any atom is -0.477 e. The number of fused-ring (bicyclic) bond motifs is 1. The number of carboxylic acid groups (broad SMARTS) is 1. The first kappa shape index (κ1) is 10.0. The van der Waals surface area contributed by atoms with E-state index >= 15 is 0 Å². The maximum atomic E-state index is 10.6. The topological polar surface area (TPSA) is 37.3 Å². The van der Waals surface area contributed by atoms with Gasteiger partial charge in [-0.15, -0.1) is 23.7 Å². The highest BCUT2D eigenvalue weighted by molar-refractivity contribution is 7.20. The largest absolute Gasteiger partial charge is 0.477 e. The molecule has 0 aliphatic heterocycles. The van der Waals surface area contributed by atoms with E-state index in [2.05, 4.69) is 0 Å². The lowest BCUT2D eigenvalue weighted by atomic mass is 10.2. The molecule has 0 fully saturated rings. The first-order valence-electron chi connectivity index (χ1n) is 3.49. The Balaban J connectivity index is 0.000000845. The molecule has 0 atom stereocenters. The third kappa shape index (κ3) is 1.82. The normalized spacial score (nSPS) is 9.54. The summed E-state index contributed by atoms with van der Waals surface area (Å²) in [4.78, 5) is 11.0. The molecule has 0 aliphatic rings. The molecule has 1 heterocycles. The molecule has 13 heavy (non-hydrogen) atoms. The maximum Gasteiger partial charge on any atom is 0.345 e. The molecule has 1 aromatic heterocycles. The van der Waals surface area contributed by atoms with Crippen LogP contribution in [0.2, 0.25) is 0 Å². The van der Waals surface area contributed by atoms with Crippen LogP contribution >= 0.6 is 23.7 Å². The number of hydrogen-bond acceptors (Lipinski definition) is 2. The van der Waals surface area contributed by atoms with Crippen molar-refractivity contribution in [1.82, 2.24) is 0 Å². The van der Waals surface area contributed by atoms with Gasteiger partial charge in [0.15, 0.2) is 0 Å². The number of carboxylic acids is 1. The molecule has 2 nitrogen and oxygen atoms in total. The van der Waals surface area contributed by atoms with Crippen molar-refractivity contribution in [2.45, 2.75) is 0 Å². The number of benzene rings is 1. The average molecular weight is 215 g/mol. The summed E-state index contributed by atoms with van der Waals surface area (Å²) in [6, 6.07) is 9.35. The quantitative estimate of drug-likeness (QED) is 0.793. The van der Waals surface area contributed by atoms with Crippen LogP contribution in [0.15, 0.2) is 30.3 Å². The summed E-state index contributed by atoms with van der Waals surface area (Å²) in [5.74, 6) is -0.851. The highest BCUT2D eigenvalue weighted by Crippen LogP contribution is 2.24. The Bertz CT molecular complexity index is 403. The van der Waals surface area contributed by atoms with Gasteiger partial charge < -0.3 is 5.11 Å². The molecule has 1 N–H and O–H groups in total. The molecule has 2 rings (SSSR count). The molecule has 0 aliphatic carbocycles. The Kier molecular flexibility index (Phi) is 2.90. The first-order valence-corrected chi connectivity index (χ1v) is 4.31. The number of halogens is 1. The molecule has 68 valence electrons. The van der Waals surface area contributed by atoms with E-state index in [0.717, 1.165) is 10.1 Å². The molecule has 4 heteroatoms. The Morgan fingerprint density at radius 1 is 1.31 bits per heavy atom. The van der Waals surface area contributed by atoms with E-state index in [1.807, 2.05) is 24.3 Å². The van der Waals surface area contributed by atoms with E-state index in [9.17, 15) is 4.79 Å². The highest BCUT2D eigenvalue weighted by Gasteiger charge is 2.06. The molecule has 0 saturated carbocycles. The lowest BCUT2D eigenvalue weighted by Crippen LogP contribution is -1.89. The van der Waals surface area contributed by atoms with Crippen molar-refractivity contribution >= 4 is 39.8 Å². The Morgan fingerprint density at radius 3 is 2.62 bits per heavy atom. The van der Waals surface area contributed by atoms with Gasteiger partial charge in [0.25, 0.3) is 0 Å². The van der Waals surface area contributed by atoms with Crippen molar-refractivity contribution < 1.29 is 9.90 Å². The van der Waals surface area contributed by atoms with Gasteiger partial charge in [0.05, 0.1) is 0 Å². The van der Waals surface area contributed by atoms with Crippen LogP contribution in [-0.4, -0.2) is 11.1 Å². The van der Waals surface area contributed by atoms with Crippen LogP contribution in [0.5, 0.6) is 0 Å². The van der Waals surface area contributed by atoms with Gasteiger partial charge in [0, 0.05) is 4.70 Å². The summed E-state index contributed by atoms with van der Waals surface area (Å²) < 4.78 is 1.02. The fraction of sp³-hybridized carbons (Fsp3) is 0. The zero-order valence-electron chi connectivity index (χ0n) is 6.56. The van der Waals surface area contributed by atoms with Crippen LogP contribution < -0.4 is 0 Å². The van der Waals surface area contributed by atoms with E-state index in [-0.39, 0.29) is 12.4 Å². The number of aromatic carboxylic acids is 1. The lowest BCUT2D eigenvalue weighted by Gasteiger charge is -1.82. The summed E-state index contributed by atoms with van der Waals surface area (Å²) in [7, 11) is 0. The van der Waals surface area contributed by atoms with Gasteiger partial charge in [-0.1, -0.05) is 18.2 Å². The predicted molar refractivity (Wildman–Crippen MR) is 56.0 cm³/mol. The monoisotopic (exact) mass is 214 g/mol. The van der Waals surface area contributed by atoms with Crippen LogP contribution in [-0.2, 0) is 0 Å². The standard InChI is InChI=1S/C9H6O2S.ClH/c10-9(11)8-5-6-3-1-2-4-7(6)12-8;/h1-5H,(H,10,11);1H. The van der Waals surface area contributed by atoms with Gasteiger partial charge in [-0.25, -0.2) is 4.79 Å². The second-order valence-corrected chi connectivity index (χ2v) is 3.54. The summed E-state index contributed by atoms with van der Waals surface area (Å²) in [5.41, 5.74) is 0. The van der Waals surface area contributed by atoms with Crippen molar-refractivity contribution in [3.63, 3.8) is 0 Å². The van der Waals surface area contributed by atoms with Crippen LogP contribution in [0.4, 0.5) is 0 Å². The van der Waals surface area contributed by atoms with Crippen molar-refractivity contribution in [2.75, 3.05) is 0 Å². The Morgan fingerprint density at radius 2 is 2.00 bits per heavy atom. The maximum absolute atomic E-state index is 10.6. The van der Waals surface area contributed by atoms with Crippen molar-refractivity contribution in [3.8, 4) is 0 Å². The fourth-order valence-electron chi connectivity index (χ4n) is 1.09. The van der Waals surface area contributed by atoms with E-state index in [4.69, 9.17) is 5.11 Å². The third-order valence-electron chi connectivity index (χ3n) is 1.64. The fourth-order valence-corrected chi connectivity index (χ4v) is 1.99. The van der Waals surface area contributed by atoms with Gasteiger partial charge in [-0.05, 0) is 17.5 Å². The molecule has 0 bridgehead atoms. The molecule has 0 saturated heterocycles. The van der Waals surface area contributed by atoms with Gasteiger partial charge in [-0.3, -0.25) is 0 Å². The third-order valence-corrected chi connectivity index (χ3v) is 2.74. The smallest absolute Gasteiger partial charge is 0.345 e. The van der Waals surface area contributed by atoms with Gasteiger partial charge in [0.2, 0.25) is 0 Å². The van der Waals surface area contributed by atoms with E-state index in [1.54, 1.807) is 6.07 Å². The summed E-state index contributed by atoms with van der Waals surface area (Å²) in [5, 5.41) is 9.70. The lowest BCUT2D eigenvalue weighted by molar-refractivity contribution is 0.0702. The molecular weight excluding hydrogens is 208 g/mol. The minimum atomic E-state index is -0.851. The van der Waals surface area contributed by atoms with Crippen LogP contribution in [0, 0.1) is 0 Å². The molecular formula is C9H7ClO2S. The molecule has 0 radical (unpaired) electrons. The van der Waals surface area contributed by atoms with Gasteiger partial charge in [0.1, 0.15) is 4.88 Å². The first-order chi connectivity index (χ1) is 5.77. The van der Waals surface area contributed by atoms with Crippen LogP contribution in [0.1, 0.15) is 9.67 Å². The molecule has 0 spiro atoms. The molecule has 1 aromatic carbocycles. The zero-order chi connectivity index (χ0) is 8.55. The van der Waals surface area contributed by atoms with E-state index in [1.165, 1.54) is 11.3 Å². The number of rotatable bonds is 1. The minimum absolute atomic E-state index is 0. The second kappa shape index (κ2) is 3.77. The van der Waals surface area contributed by atoms with Gasteiger partial charge >= 0.3 is 5.97 Å². The molecule has 2 aromatic rings. The van der Waals surface area contributed by atoms with Gasteiger partial charge in [-0.2, -0.15) is 0 Å².